The van der Waals surface area contributed by atoms with E-state index in [1.54, 1.807) is 0 Å². The van der Waals surface area contributed by atoms with Crippen LogP contribution in [-0.4, -0.2) is 17.1 Å². The van der Waals surface area contributed by atoms with E-state index in [4.69, 9.17) is 5.73 Å². The topological polar surface area (TPSA) is 50.9 Å². The molecule has 1 saturated carbocycles. The van der Waals surface area contributed by atoms with E-state index in [-0.39, 0.29) is 0 Å². The van der Waals surface area contributed by atoms with Gasteiger partial charge in [-0.2, -0.15) is 0 Å². The summed E-state index contributed by atoms with van der Waals surface area (Å²) in [6.45, 7) is 2.18. The molecule has 1 aliphatic carbocycles. The van der Waals surface area contributed by atoms with Gasteiger partial charge in [-0.3, -0.25) is 4.98 Å². The minimum atomic E-state index is 0.369. The van der Waals surface area contributed by atoms with Gasteiger partial charge in [0.05, 0.1) is 0 Å². The SMILES string of the molecule is C[C@H](NC1CCC(N)C1)c1cccnc1. The third-order valence-electron chi connectivity index (χ3n) is 3.14. The van der Waals surface area contributed by atoms with Crippen molar-refractivity contribution in [2.75, 3.05) is 0 Å². The van der Waals surface area contributed by atoms with Gasteiger partial charge in [-0.05, 0) is 37.8 Å². The van der Waals surface area contributed by atoms with Gasteiger partial charge in [0.2, 0.25) is 0 Å². The highest BCUT2D eigenvalue weighted by atomic mass is 15.0. The predicted molar refractivity (Wildman–Crippen MR) is 61.4 cm³/mol. The second-order valence-corrected chi connectivity index (χ2v) is 4.44. The maximum absolute atomic E-state index is 5.89. The molecule has 1 aliphatic rings. The molecule has 0 aromatic carbocycles. The van der Waals surface area contributed by atoms with Crippen LogP contribution in [0.1, 0.15) is 37.8 Å². The fourth-order valence-corrected chi connectivity index (χ4v) is 2.25. The fourth-order valence-electron chi connectivity index (χ4n) is 2.25. The normalized spacial score (nSPS) is 27.9. The van der Waals surface area contributed by atoms with Crippen LogP contribution < -0.4 is 11.1 Å². The Morgan fingerprint density at radius 2 is 2.40 bits per heavy atom. The Hall–Kier alpha value is -0.930. The van der Waals surface area contributed by atoms with Gasteiger partial charge in [0.1, 0.15) is 0 Å². The molecule has 1 aromatic rings. The van der Waals surface area contributed by atoms with Crippen LogP contribution in [0.25, 0.3) is 0 Å². The van der Waals surface area contributed by atoms with E-state index in [9.17, 15) is 0 Å². The minimum absolute atomic E-state index is 0.369. The lowest BCUT2D eigenvalue weighted by Gasteiger charge is -2.19. The van der Waals surface area contributed by atoms with Gasteiger partial charge in [0.15, 0.2) is 0 Å². The molecule has 1 heterocycles. The summed E-state index contributed by atoms with van der Waals surface area (Å²) in [7, 11) is 0. The van der Waals surface area contributed by atoms with Crippen molar-refractivity contribution in [1.82, 2.24) is 10.3 Å². The third kappa shape index (κ3) is 2.76. The third-order valence-corrected chi connectivity index (χ3v) is 3.14. The van der Waals surface area contributed by atoms with Crippen LogP contribution in [0.2, 0.25) is 0 Å². The molecular weight excluding hydrogens is 186 g/mol. The zero-order chi connectivity index (χ0) is 10.7. The Kier molecular flexibility index (Phi) is 3.34. The first kappa shape index (κ1) is 10.6. The highest BCUT2D eigenvalue weighted by Gasteiger charge is 2.22. The number of pyridine rings is 1. The van der Waals surface area contributed by atoms with Crippen molar-refractivity contribution in [2.45, 2.75) is 44.3 Å². The van der Waals surface area contributed by atoms with Crippen molar-refractivity contribution in [3.05, 3.63) is 30.1 Å². The smallest absolute Gasteiger partial charge is 0.0315 e. The van der Waals surface area contributed by atoms with Crippen molar-refractivity contribution >= 4 is 0 Å². The first-order chi connectivity index (χ1) is 7.25. The minimum Gasteiger partial charge on any atom is -0.328 e. The molecule has 1 fully saturated rings. The van der Waals surface area contributed by atoms with Crippen LogP contribution in [0.3, 0.4) is 0 Å². The molecule has 15 heavy (non-hydrogen) atoms. The van der Waals surface area contributed by atoms with E-state index >= 15 is 0 Å². The molecule has 2 rings (SSSR count). The van der Waals surface area contributed by atoms with E-state index in [0.29, 0.717) is 18.1 Å². The Bertz CT molecular complexity index is 299. The van der Waals surface area contributed by atoms with Gasteiger partial charge < -0.3 is 11.1 Å². The first-order valence-corrected chi connectivity index (χ1v) is 5.67. The standard InChI is InChI=1S/C12H19N3/c1-9(10-3-2-6-14-8-10)15-12-5-4-11(13)7-12/h2-3,6,8-9,11-12,15H,4-5,7,13H2,1H3/t9-,11?,12?/m0/s1. The zero-order valence-corrected chi connectivity index (χ0v) is 9.19. The van der Waals surface area contributed by atoms with E-state index < -0.39 is 0 Å². The number of nitrogens with zero attached hydrogens (tertiary/aromatic N) is 1. The lowest BCUT2D eigenvalue weighted by atomic mass is 10.1. The summed E-state index contributed by atoms with van der Waals surface area (Å²) in [5, 5.41) is 3.61. The molecule has 82 valence electrons. The molecule has 3 N–H and O–H groups in total. The summed E-state index contributed by atoms with van der Waals surface area (Å²) in [5.74, 6) is 0. The Labute approximate surface area is 91.1 Å². The van der Waals surface area contributed by atoms with Gasteiger partial charge in [-0.25, -0.2) is 0 Å². The molecule has 2 unspecified atom stereocenters. The summed E-state index contributed by atoms with van der Waals surface area (Å²) < 4.78 is 0. The van der Waals surface area contributed by atoms with Crippen molar-refractivity contribution in [3.63, 3.8) is 0 Å². The largest absolute Gasteiger partial charge is 0.328 e. The van der Waals surface area contributed by atoms with Crippen molar-refractivity contribution in [3.8, 4) is 0 Å². The Morgan fingerprint density at radius 3 is 3.00 bits per heavy atom. The average molecular weight is 205 g/mol. The molecule has 0 amide bonds. The molecule has 3 nitrogen and oxygen atoms in total. The average Bonchev–Trinajstić information content (AvgIpc) is 2.65. The summed E-state index contributed by atoms with van der Waals surface area (Å²) in [4.78, 5) is 4.13. The molecule has 1 aromatic heterocycles. The quantitative estimate of drug-likeness (QED) is 0.788. The molecular formula is C12H19N3. The van der Waals surface area contributed by atoms with Crippen LogP contribution >= 0.6 is 0 Å². The summed E-state index contributed by atoms with van der Waals surface area (Å²) in [5.41, 5.74) is 7.14. The van der Waals surface area contributed by atoms with Gasteiger partial charge in [0.25, 0.3) is 0 Å². The number of nitrogens with one attached hydrogen (secondary N) is 1. The second-order valence-electron chi connectivity index (χ2n) is 4.44. The van der Waals surface area contributed by atoms with Crippen molar-refractivity contribution in [1.29, 1.82) is 0 Å². The van der Waals surface area contributed by atoms with Crippen LogP contribution in [0.5, 0.6) is 0 Å². The monoisotopic (exact) mass is 205 g/mol. The van der Waals surface area contributed by atoms with E-state index in [0.717, 1.165) is 12.8 Å². The lowest BCUT2D eigenvalue weighted by Crippen LogP contribution is -2.30. The molecule has 0 spiro atoms. The van der Waals surface area contributed by atoms with E-state index in [2.05, 4.69) is 23.3 Å². The van der Waals surface area contributed by atoms with Crippen LogP contribution in [0, 0.1) is 0 Å². The lowest BCUT2D eigenvalue weighted by molar-refractivity contribution is 0.456. The van der Waals surface area contributed by atoms with Crippen LogP contribution in [0.15, 0.2) is 24.5 Å². The van der Waals surface area contributed by atoms with Crippen LogP contribution in [-0.2, 0) is 0 Å². The first-order valence-electron chi connectivity index (χ1n) is 5.67. The predicted octanol–water partition coefficient (Wildman–Crippen LogP) is 1.61. The highest BCUT2D eigenvalue weighted by Crippen LogP contribution is 2.20. The summed E-state index contributed by atoms with van der Waals surface area (Å²) in [6, 6.07) is 5.43. The fraction of sp³-hybridized carbons (Fsp3) is 0.583. The zero-order valence-electron chi connectivity index (χ0n) is 9.19. The van der Waals surface area contributed by atoms with Gasteiger partial charge in [0, 0.05) is 30.5 Å². The molecule has 0 saturated heterocycles. The summed E-state index contributed by atoms with van der Waals surface area (Å²) in [6.07, 6.45) is 7.18. The summed E-state index contributed by atoms with van der Waals surface area (Å²) >= 11 is 0. The Balaban J connectivity index is 1.90. The molecule has 0 radical (unpaired) electrons. The van der Waals surface area contributed by atoms with Gasteiger partial charge >= 0.3 is 0 Å². The molecule has 3 heteroatoms. The number of aromatic nitrogens is 1. The van der Waals surface area contributed by atoms with Gasteiger partial charge in [-0.1, -0.05) is 6.07 Å². The number of rotatable bonds is 3. The number of hydrogen-bond acceptors (Lipinski definition) is 3. The molecule has 0 aliphatic heterocycles. The number of nitrogens with two attached hydrogens (primary N) is 1. The van der Waals surface area contributed by atoms with E-state index in [1.807, 2.05) is 18.5 Å². The van der Waals surface area contributed by atoms with Crippen LogP contribution in [0.4, 0.5) is 0 Å². The number of hydrogen-bond donors (Lipinski definition) is 2. The van der Waals surface area contributed by atoms with E-state index in [1.165, 1.54) is 12.0 Å². The Morgan fingerprint density at radius 1 is 1.53 bits per heavy atom. The highest BCUT2D eigenvalue weighted by molar-refractivity contribution is 5.13. The second kappa shape index (κ2) is 4.73. The maximum atomic E-state index is 5.89. The maximum Gasteiger partial charge on any atom is 0.0315 e. The molecule has 3 atom stereocenters. The van der Waals surface area contributed by atoms with Crippen molar-refractivity contribution in [2.24, 2.45) is 5.73 Å². The van der Waals surface area contributed by atoms with Gasteiger partial charge in [-0.15, -0.1) is 0 Å². The van der Waals surface area contributed by atoms with Crippen molar-refractivity contribution < 1.29 is 0 Å². The molecule has 0 bridgehead atoms.